The van der Waals surface area contributed by atoms with Gasteiger partial charge in [-0.15, -0.1) is 6.58 Å². The zero-order valence-electron chi connectivity index (χ0n) is 15.5. The van der Waals surface area contributed by atoms with Crippen molar-refractivity contribution in [3.05, 3.63) is 77.6 Å². The molecule has 0 aliphatic heterocycles. The monoisotopic (exact) mass is 391 g/mol. The molecule has 4 rings (SSSR count). The lowest BCUT2D eigenvalue weighted by atomic mass is 10.2. The fraction of sp³-hybridized carbons (Fsp3) is 0.227. The molecular weight excluding hydrogens is 370 g/mol. The maximum Gasteiger partial charge on any atom is 0.262 e. The molecule has 0 atom stereocenters. The van der Waals surface area contributed by atoms with Crippen LogP contribution in [-0.4, -0.2) is 27.8 Å². The van der Waals surface area contributed by atoms with Crippen LogP contribution >= 0.6 is 11.8 Å². The van der Waals surface area contributed by atoms with Gasteiger partial charge >= 0.3 is 0 Å². The van der Waals surface area contributed by atoms with Crippen molar-refractivity contribution < 1.29 is 4.79 Å². The van der Waals surface area contributed by atoms with E-state index in [4.69, 9.17) is 0 Å². The van der Waals surface area contributed by atoms with Gasteiger partial charge < -0.3 is 4.90 Å². The standard InChI is InChI=1S/C22H21N3O2S/c1-2-14-24(16-8-4-3-5-9-16)20(26)15-28-22-23-19-11-7-6-10-18(19)21(27)25(22)17-12-13-17/h2-11,17H,1,12-15H2. The van der Waals surface area contributed by atoms with E-state index >= 15 is 0 Å². The van der Waals surface area contributed by atoms with Gasteiger partial charge in [0.25, 0.3) is 5.56 Å². The molecule has 6 heteroatoms. The van der Waals surface area contributed by atoms with E-state index in [1.165, 1.54) is 11.8 Å². The lowest BCUT2D eigenvalue weighted by Crippen LogP contribution is -2.33. The van der Waals surface area contributed by atoms with Crippen LogP contribution < -0.4 is 10.5 Å². The predicted molar refractivity (Wildman–Crippen MR) is 114 cm³/mol. The molecule has 28 heavy (non-hydrogen) atoms. The van der Waals surface area contributed by atoms with Crippen LogP contribution in [0.1, 0.15) is 18.9 Å². The molecule has 1 aliphatic carbocycles. The van der Waals surface area contributed by atoms with E-state index in [2.05, 4.69) is 11.6 Å². The van der Waals surface area contributed by atoms with Crippen LogP contribution in [0.25, 0.3) is 10.9 Å². The molecule has 1 fully saturated rings. The third-order valence-corrected chi connectivity index (χ3v) is 5.63. The molecule has 1 aromatic heterocycles. The molecule has 5 nitrogen and oxygen atoms in total. The maximum atomic E-state index is 12.9. The number of rotatable bonds is 7. The van der Waals surface area contributed by atoms with Gasteiger partial charge in [-0.1, -0.05) is 48.2 Å². The molecule has 1 heterocycles. The Bertz CT molecular complexity index is 1070. The molecule has 2 aromatic carbocycles. The van der Waals surface area contributed by atoms with Gasteiger partial charge in [0.2, 0.25) is 5.91 Å². The van der Waals surface area contributed by atoms with Gasteiger partial charge in [-0.2, -0.15) is 0 Å². The highest BCUT2D eigenvalue weighted by molar-refractivity contribution is 7.99. The van der Waals surface area contributed by atoms with Crippen molar-refractivity contribution in [1.29, 1.82) is 0 Å². The van der Waals surface area contributed by atoms with Crippen molar-refractivity contribution in [1.82, 2.24) is 9.55 Å². The highest BCUT2D eigenvalue weighted by Gasteiger charge is 2.29. The molecule has 1 amide bonds. The number of anilines is 1. The highest BCUT2D eigenvalue weighted by Crippen LogP contribution is 2.37. The van der Waals surface area contributed by atoms with E-state index in [1.807, 2.05) is 54.6 Å². The highest BCUT2D eigenvalue weighted by atomic mass is 32.2. The number of thioether (sulfide) groups is 1. The molecule has 0 N–H and O–H groups in total. The lowest BCUT2D eigenvalue weighted by molar-refractivity contribution is -0.116. The molecule has 0 unspecified atom stereocenters. The Balaban J connectivity index is 1.61. The summed E-state index contributed by atoms with van der Waals surface area (Å²) in [5.74, 6) is 0.168. The van der Waals surface area contributed by atoms with Gasteiger partial charge in [-0.3, -0.25) is 14.2 Å². The van der Waals surface area contributed by atoms with E-state index in [0.717, 1.165) is 18.5 Å². The Hall–Kier alpha value is -2.86. The fourth-order valence-corrected chi connectivity index (χ4v) is 4.12. The van der Waals surface area contributed by atoms with Crippen molar-refractivity contribution >= 4 is 34.3 Å². The minimum atomic E-state index is -0.0409. The normalized spacial score (nSPS) is 13.4. The van der Waals surface area contributed by atoms with Crippen LogP contribution in [0.5, 0.6) is 0 Å². The number of carbonyl (C=O) groups is 1. The molecule has 3 aromatic rings. The summed E-state index contributed by atoms with van der Waals surface area (Å²) in [4.78, 5) is 32.2. The van der Waals surface area contributed by atoms with E-state index < -0.39 is 0 Å². The van der Waals surface area contributed by atoms with Gasteiger partial charge in [-0.05, 0) is 37.1 Å². The zero-order chi connectivity index (χ0) is 19.5. The zero-order valence-corrected chi connectivity index (χ0v) is 16.3. The van der Waals surface area contributed by atoms with Crippen LogP contribution in [-0.2, 0) is 4.79 Å². The second-order valence-corrected chi connectivity index (χ2v) is 7.68. The topological polar surface area (TPSA) is 55.2 Å². The summed E-state index contributed by atoms with van der Waals surface area (Å²) in [6.07, 6.45) is 3.67. The summed E-state index contributed by atoms with van der Waals surface area (Å²) in [5, 5.41) is 1.24. The molecule has 1 aliphatic rings. The number of amides is 1. The first kappa shape index (κ1) is 18.5. The first-order valence-corrected chi connectivity index (χ1v) is 10.3. The maximum absolute atomic E-state index is 12.9. The van der Waals surface area contributed by atoms with Crippen molar-refractivity contribution in [3.8, 4) is 0 Å². The van der Waals surface area contributed by atoms with Crippen LogP contribution in [0.2, 0.25) is 0 Å². The molecule has 1 saturated carbocycles. The van der Waals surface area contributed by atoms with Crippen LogP contribution in [0.3, 0.4) is 0 Å². The summed E-state index contributed by atoms with van der Waals surface area (Å²) in [6.45, 7) is 4.19. The average molecular weight is 391 g/mol. The summed E-state index contributed by atoms with van der Waals surface area (Å²) in [6, 6.07) is 17.1. The minimum Gasteiger partial charge on any atom is -0.308 e. The Morgan fingerprint density at radius 2 is 1.89 bits per heavy atom. The Morgan fingerprint density at radius 3 is 2.61 bits per heavy atom. The van der Waals surface area contributed by atoms with E-state index in [9.17, 15) is 9.59 Å². The summed E-state index contributed by atoms with van der Waals surface area (Å²) >= 11 is 1.33. The van der Waals surface area contributed by atoms with Crippen molar-refractivity contribution in [2.45, 2.75) is 24.0 Å². The molecule has 0 spiro atoms. The van der Waals surface area contributed by atoms with Crippen molar-refractivity contribution in [2.24, 2.45) is 0 Å². The number of benzene rings is 2. The predicted octanol–water partition coefficient (Wildman–Crippen LogP) is 4.04. The van der Waals surface area contributed by atoms with E-state index in [1.54, 1.807) is 15.5 Å². The molecule has 0 bridgehead atoms. The van der Waals surface area contributed by atoms with Gasteiger partial charge in [0, 0.05) is 18.3 Å². The second kappa shape index (κ2) is 8.02. The smallest absolute Gasteiger partial charge is 0.262 e. The van der Waals surface area contributed by atoms with Gasteiger partial charge in [0.1, 0.15) is 0 Å². The second-order valence-electron chi connectivity index (χ2n) is 6.74. The van der Waals surface area contributed by atoms with Gasteiger partial charge in [0.05, 0.1) is 16.7 Å². The minimum absolute atomic E-state index is 0.0194. The Kier molecular flexibility index (Phi) is 5.30. The number of hydrogen-bond acceptors (Lipinski definition) is 4. The van der Waals surface area contributed by atoms with Crippen LogP contribution in [0, 0.1) is 0 Å². The molecular formula is C22H21N3O2S. The molecule has 0 radical (unpaired) electrons. The Labute approximate surface area is 167 Å². The van der Waals surface area contributed by atoms with E-state index in [0.29, 0.717) is 22.6 Å². The molecule has 142 valence electrons. The van der Waals surface area contributed by atoms with Crippen molar-refractivity contribution in [3.63, 3.8) is 0 Å². The third kappa shape index (κ3) is 3.73. The number of para-hydroxylation sites is 2. The number of nitrogens with zero attached hydrogens (tertiary/aromatic N) is 3. The lowest BCUT2D eigenvalue weighted by Gasteiger charge is -2.21. The van der Waals surface area contributed by atoms with Gasteiger partial charge in [-0.25, -0.2) is 4.98 Å². The van der Waals surface area contributed by atoms with E-state index in [-0.39, 0.29) is 23.3 Å². The SMILES string of the molecule is C=CCN(C(=O)CSc1nc2ccccc2c(=O)n1C1CC1)c1ccccc1. The largest absolute Gasteiger partial charge is 0.308 e. The molecule has 0 saturated heterocycles. The fourth-order valence-electron chi connectivity index (χ4n) is 3.17. The first-order chi connectivity index (χ1) is 13.7. The summed E-state index contributed by atoms with van der Waals surface area (Å²) in [7, 11) is 0. The number of hydrogen-bond donors (Lipinski definition) is 0. The first-order valence-electron chi connectivity index (χ1n) is 9.29. The Morgan fingerprint density at radius 1 is 1.18 bits per heavy atom. The quantitative estimate of drug-likeness (QED) is 0.346. The third-order valence-electron chi connectivity index (χ3n) is 4.69. The van der Waals surface area contributed by atoms with Gasteiger partial charge in [0.15, 0.2) is 5.16 Å². The van der Waals surface area contributed by atoms with Crippen molar-refractivity contribution in [2.75, 3.05) is 17.2 Å². The summed E-state index contributed by atoms with van der Waals surface area (Å²) in [5.41, 5.74) is 1.48. The average Bonchev–Trinajstić information content (AvgIpc) is 3.56. The van der Waals surface area contributed by atoms with Crippen LogP contribution in [0.15, 0.2) is 77.2 Å². The number of aromatic nitrogens is 2. The van der Waals surface area contributed by atoms with Crippen LogP contribution in [0.4, 0.5) is 5.69 Å². The number of carbonyl (C=O) groups excluding carboxylic acids is 1. The summed E-state index contributed by atoms with van der Waals surface area (Å²) < 4.78 is 1.76. The number of fused-ring (bicyclic) bond motifs is 1.